The fraction of sp³-hybridized carbons (Fsp3) is 0.481. The Labute approximate surface area is 225 Å². The monoisotopic (exact) mass is 533 g/mol. The number of hydrogen-bond donors (Lipinski definition) is 2. The van der Waals surface area contributed by atoms with Crippen LogP contribution in [0.4, 0.5) is 21.9 Å². The third kappa shape index (κ3) is 7.90. The van der Waals surface area contributed by atoms with Crippen molar-refractivity contribution in [1.29, 1.82) is 0 Å². The number of carbonyl (C=O) groups is 2. The van der Waals surface area contributed by atoms with Crippen LogP contribution in [0.2, 0.25) is 0 Å². The first-order valence-electron chi connectivity index (χ1n) is 12.5. The quantitative estimate of drug-likeness (QED) is 0.499. The number of para-hydroxylation sites is 1. The van der Waals surface area contributed by atoms with E-state index in [4.69, 9.17) is 9.84 Å². The Hall–Kier alpha value is -2.69. The van der Waals surface area contributed by atoms with Crippen LogP contribution >= 0.6 is 0 Å². The molecule has 2 aliphatic heterocycles. The molecule has 0 atom stereocenters. The number of piperazine rings is 1. The summed E-state index contributed by atoms with van der Waals surface area (Å²) < 4.78 is 5.23. The van der Waals surface area contributed by atoms with E-state index >= 15 is 0 Å². The van der Waals surface area contributed by atoms with Gasteiger partial charge in [0.2, 0.25) is 5.91 Å². The maximum absolute atomic E-state index is 13.7. The lowest BCUT2D eigenvalue weighted by Gasteiger charge is -2.34. The van der Waals surface area contributed by atoms with Crippen LogP contribution in [0.5, 0.6) is 0 Å². The molecule has 1 fully saturated rings. The maximum atomic E-state index is 13.7. The number of amides is 2. The summed E-state index contributed by atoms with van der Waals surface area (Å²) in [6.45, 7) is 8.79. The van der Waals surface area contributed by atoms with Crippen LogP contribution in [0.15, 0.2) is 42.5 Å². The lowest BCUT2D eigenvalue weighted by molar-refractivity contribution is -0.118. The molecular weight excluding hydrogens is 496 g/mol. The van der Waals surface area contributed by atoms with Gasteiger partial charge in [-0.15, -0.1) is 0 Å². The molecule has 2 amide bonds. The number of carbonyl (C=O) groups excluding carboxylic acids is 2. The van der Waals surface area contributed by atoms with Crippen LogP contribution in [0.1, 0.15) is 31.4 Å². The van der Waals surface area contributed by atoms with Gasteiger partial charge in [-0.2, -0.15) is 0 Å². The Morgan fingerprint density at radius 1 is 0.946 bits per heavy atom. The Morgan fingerprint density at radius 3 is 2.22 bits per heavy atom. The molecule has 4 rings (SSSR count). The van der Waals surface area contributed by atoms with Gasteiger partial charge in [0.1, 0.15) is 0 Å². The minimum Gasteiger partial charge on any atom is -1.00 e. The number of anilines is 3. The number of fused-ring (bicyclic) bond motifs is 2. The standard InChI is InChI=1S/C27H36N4O4.ClH.H2O/c1-20(2)35-27(34)28-23-10-9-22-8-7-21-5-3-4-6-24(21)31(25(22)19-23)26(33)11-12-29-13-15-30(16-14-29)17-18-32;;/h3-6,9-10,19-20,32H,7-8,11-18H2,1-2H3,(H,28,34);1H;1H2/p-1. The topological polar surface area (TPSA) is 117 Å². The molecule has 204 valence electrons. The number of ether oxygens (including phenoxy) is 1. The van der Waals surface area contributed by atoms with E-state index in [1.54, 1.807) is 13.8 Å². The van der Waals surface area contributed by atoms with Gasteiger partial charge in [0.15, 0.2) is 0 Å². The molecule has 2 aromatic carbocycles. The van der Waals surface area contributed by atoms with Crippen LogP contribution in [0.3, 0.4) is 0 Å². The van der Waals surface area contributed by atoms with E-state index in [9.17, 15) is 9.59 Å². The number of hydrogen-bond acceptors (Lipinski definition) is 6. The van der Waals surface area contributed by atoms with E-state index in [0.717, 1.165) is 61.5 Å². The van der Waals surface area contributed by atoms with Gasteiger partial charge >= 0.3 is 6.09 Å². The summed E-state index contributed by atoms with van der Waals surface area (Å²) in [6, 6.07) is 13.8. The second kappa shape index (κ2) is 14.3. The molecule has 0 radical (unpaired) electrons. The third-order valence-corrected chi connectivity index (χ3v) is 6.58. The Bertz CT molecular complexity index is 1040. The minimum atomic E-state index is -0.507. The number of benzene rings is 2. The second-order valence-corrected chi connectivity index (χ2v) is 9.44. The number of halogens is 1. The summed E-state index contributed by atoms with van der Waals surface area (Å²) >= 11 is 0. The predicted molar refractivity (Wildman–Crippen MR) is 141 cm³/mol. The lowest BCUT2D eigenvalue weighted by atomic mass is 10.0. The Balaban J connectivity index is 0.00000241. The van der Waals surface area contributed by atoms with Crippen molar-refractivity contribution in [3.8, 4) is 0 Å². The van der Waals surface area contributed by atoms with Crippen LogP contribution in [-0.4, -0.2) is 84.4 Å². The highest BCUT2D eigenvalue weighted by atomic mass is 35.5. The fourth-order valence-electron chi connectivity index (χ4n) is 4.77. The van der Waals surface area contributed by atoms with Gasteiger partial charge in [-0.1, -0.05) is 24.3 Å². The average Bonchev–Trinajstić information content (AvgIpc) is 2.99. The van der Waals surface area contributed by atoms with E-state index < -0.39 is 6.09 Å². The summed E-state index contributed by atoms with van der Waals surface area (Å²) in [5, 5.41) is 12.0. The van der Waals surface area contributed by atoms with E-state index in [1.807, 2.05) is 41.3 Å². The predicted octanol–water partition coefficient (Wildman–Crippen LogP) is -0.414. The minimum absolute atomic E-state index is 0. The normalized spacial score (nSPS) is 15.5. The van der Waals surface area contributed by atoms with Crippen LogP contribution in [0, 0.1) is 0 Å². The van der Waals surface area contributed by atoms with Gasteiger partial charge < -0.3 is 32.6 Å². The zero-order valence-electron chi connectivity index (χ0n) is 21.6. The average molecular weight is 534 g/mol. The summed E-state index contributed by atoms with van der Waals surface area (Å²) in [4.78, 5) is 32.3. The second-order valence-electron chi connectivity index (χ2n) is 9.44. The molecule has 10 heteroatoms. The number of nitrogens with zero attached hydrogens (tertiary/aromatic N) is 3. The molecule has 2 heterocycles. The van der Waals surface area contributed by atoms with Gasteiger partial charge in [-0.05, 0) is 56.0 Å². The molecule has 0 spiro atoms. The number of aliphatic hydroxyl groups is 1. The van der Waals surface area contributed by atoms with Crippen molar-refractivity contribution in [2.75, 3.05) is 56.1 Å². The first kappa shape index (κ1) is 30.5. The molecule has 0 aromatic heterocycles. The Kier molecular flexibility index (Phi) is 11.8. The van der Waals surface area contributed by atoms with Crippen molar-refractivity contribution < 1.29 is 37.3 Å². The molecule has 2 aliphatic rings. The third-order valence-electron chi connectivity index (χ3n) is 6.58. The number of β-amino-alcohol motifs (C(OH)–C–C–N with tert-alkyl or cyclic N) is 1. The molecule has 0 unspecified atom stereocenters. The number of rotatable bonds is 7. The molecule has 2 aromatic rings. The zero-order chi connectivity index (χ0) is 24.8. The molecule has 37 heavy (non-hydrogen) atoms. The highest BCUT2D eigenvalue weighted by Crippen LogP contribution is 2.38. The van der Waals surface area contributed by atoms with Crippen molar-refractivity contribution >= 4 is 29.1 Å². The van der Waals surface area contributed by atoms with Crippen molar-refractivity contribution in [3.63, 3.8) is 0 Å². The van der Waals surface area contributed by atoms with Crippen molar-refractivity contribution in [2.45, 2.75) is 39.2 Å². The first-order valence-corrected chi connectivity index (χ1v) is 12.5. The Morgan fingerprint density at radius 2 is 1.57 bits per heavy atom. The summed E-state index contributed by atoms with van der Waals surface area (Å²) in [5.74, 6) is 0.0419. The molecule has 1 saturated heterocycles. The summed E-state index contributed by atoms with van der Waals surface area (Å²) in [5.41, 5.74) is 4.55. The van der Waals surface area contributed by atoms with Crippen LogP contribution < -0.4 is 22.6 Å². The molecule has 9 nitrogen and oxygen atoms in total. The van der Waals surface area contributed by atoms with E-state index in [1.165, 1.54) is 0 Å². The molecule has 0 aliphatic carbocycles. The smallest absolute Gasteiger partial charge is 0.411 e. The van der Waals surface area contributed by atoms with Gasteiger partial charge in [-0.3, -0.25) is 19.9 Å². The van der Waals surface area contributed by atoms with Gasteiger partial charge in [-0.25, -0.2) is 4.79 Å². The SMILES string of the molecule is CC(C)OC(=O)Nc1ccc2c(c1)N(C(=O)CCN1CCN(CCO)CC1)c1ccccc1CC2.O.[Cl-]. The van der Waals surface area contributed by atoms with E-state index in [2.05, 4.69) is 21.2 Å². The zero-order valence-corrected chi connectivity index (χ0v) is 22.3. The van der Waals surface area contributed by atoms with Crippen LogP contribution in [-0.2, 0) is 22.4 Å². The molecule has 4 N–H and O–H groups in total. The van der Waals surface area contributed by atoms with Gasteiger partial charge in [0, 0.05) is 51.4 Å². The van der Waals surface area contributed by atoms with Crippen molar-refractivity contribution in [1.82, 2.24) is 9.80 Å². The fourth-order valence-corrected chi connectivity index (χ4v) is 4.77. The lowest BCUT2D eigenvalue weighted by Crippen LogP contribution is -3.00. The van der Waals surface area contributed by atoms with Crippen molar-refractivity contribution in [2.24, 2.45) is 0 Å². The largest absolute Gasteiger partial charge is 1.00 e. The number of aliphatic hydroxyl groups excluding tert-OH is 1. The van der Waals surface area contributed by atoms with Gasteiger partial charge in [0.05, 0.1) is 24.1 Å². The highest BCUT2D eigenvalue weighted by Gasteiger charge is 2.27. The highest BCUT2D eigenvalue weighted by molar-refractivity contribution is 6.03. The number of aryl methyl sites for hydroxylation is 2. The maximum Gasteiger partial charge on any atom is 0.411 e. The molecule has 0 bridgehead atoms. The molecule has 0 saturated carbocycles. The first-order chi connectivity index (χ1) is 16.9. The number of nitrogens with one attached hydrogen (secondary N) is 1. The summed E-state index contributed by atoms with van der Waals surface area (Å²) in [7, 11) is 0. The van der Waals surface area contributed by atoms with E-state index in [0.29, 0.717) is 25.2 Å². The van der Waals surface area contributed by atoms with Crippen molar-refractivity contribution in [3.05, 3.63) is 53.6 Å². The molecular formula is C27H38ClN4O5-. The summed E-state index contributed by atoms with van der Waals surface area (Å²) in [6.07, 6.45) is 1.35. The van der Waals surface area contributed by atoms with Crippen LogP contribution in [0.25, 0.3) is 0 Å². The van der Waals surface area contributed by atoms with E-state index in [-0.39, 0.29) is 36.5 Å². The van der Waals surface area contributed by atoms with Gasteiger partial charge in [0.25, 0.3) is 0 Å².